The molecule has 2 aliphatic heterocycles. The van der Waals surface area contributed by atoms with E-state index in [0.29, 0.717) is 12.1 Å². The third-order valence-electron chi connectivity index (χ3n) is 5.01. The van der Waals surface area contributed by atoms with Crippen molar-refractivity contribution in [3.63, 3.8) is 0 Å². The van der Waals surface area contributed by atoms with Gasteiger partial charge in [0.15, 0.2) is 4.90 Å². The van der Waals surface area contributed by atoms with Crippen molar-refractivity contribution in [1.82, 2.24) is 9.62 Å². The Balaban J connectivity index is 1.92. The Labute approximate surface area is 214 Å². The minimum absolute atomic E-state index is 0.0895. The fourth-order valence-electron chi connectivity index (χ4n) is 3.49. The highest BCUT2D eigenvalue weighted by Gasteiger charge is 2.55. The highest BCUT2D eigenvalue weighted by atomic mass is 32.2. The number of nitrogens with zero attached hydrogens (tertiary/aromatic N) is 3. The molecule has 0 spiro atoms. The maximum atomic E-state index is 13.0. The Morgan fingerprint density at radius 3 is 2.41 bits per heavy atom. The second-order valence-electron chi connectivity index (χ2n) is 8.91. The molecule has 1 aromatic rings. The number of amides is 1. The molecule has 3 rings (SSSR count). The highest BCUT2D eigenvalue weighted by molar-refractivity contribution is 8.00. The van der Waals surface area contributed by atoms with Crippen molar-refractivity contribution < 1.29 is 42.1 Å². The Bertz CT molecular complexity index is 1330. The van der Waals surface area contributed by atoms with Gasteiger partial charge >= 0.3 is 11.9 Å². The van der Waals surface area contributed by atoms with Crippen molar-refractivity contribution in [2.24, 2.45) is 0 Å². The number of nitro groups is 2. The molecule has 0 saturated carbocycles. The number of thioether (sulfide) groups is 1. The Morgan fingerprint density at radius 2 is 1.86 bits per heavy atom. The zero-order chi connectivity index (χ0) is 27.9. The fourth-order valence-corrected chi connectivity index (χ4v) is 6.25. The molecule has 1 aromatic carbocycles. The first kappa shape index (κ1) is 28.0. The molecule has 17 heteroatoms. The van der Waals surface area contributed by atoms with Crippen molar-refractivity contribution >= 4 is 51.0 Å². The summed E-state index contributed by atoms with van der Waals surface area (Å²) in [5.74, 6) is -2.24. The maximum absolute atomic E-state index is 13.0. The molecule has 37 heavy (non-hydrogen) atoms. The van der Waals surface area contributed by atoms with Gasteiger partial charge in [0, 0.05) is 24.3 Å². The van der Waals surface area contributed by atoms with Crippen LogP contribution in [0.4, 0.5) is 11.4 Å². The van der Waals surface area contributed by atoms with Crippen LogP contribution in [-0.2, 0) is 33.9 Å². The van der Waals surface area contributed by atoms with Crippen molar-refractivity contribution in [2.75, 3.05) is 12.4 Å². The maximum Gasteiger partial charge on any atom is 0.355 e. The molecule has 0 radical (unpaired) electrons. The number of β-lactam (4-membered cyclic amide) rings is 1. The number of sulfonamides is 1. The lowest BCUT2D eigenvalue weighted by Crippen LogP contribution is -2.70. The van der Waals surface area contributed by atoms with Crippen LogP contribution in [0, 0.1) is 20.2 Å². The average Bonchev–Trinajstić information content (AvgIpc) is 2.78. The summed E-state index contributed by atoms with van der Waals surface area (Å²) in [5.41, 5.74) is -2.56. The van der Waals surface area contributed by atoms with Gasteiger partial charge in [-0.3, -0.25) is 34.7 Å². The van der Waals surface area contributed by atoms with Gasteiger partial charge in [0.25, 0.3) is 11.4 Å². The number of carbonyl (C=O) groups is 3. The largest absolute Gasteiger partial charge is 0.461 e. The van der Waals surface area contributed by atoms with Gasteiger partial charge in [-0.1, -0.05) is 0 Å². The zero-order valence-corrected chi connectivity index (χ0v) is 21.6. The number of benzene rings is 1. The number of fused-ring (bicyclic) bond motifs is 1. The van der Waals surface area contributed by atoms with Crippen LogP contribution < -0.4 is 4.72 Å². The van der Waals surface area contributed by atoms with E-state index in [0.717, 1.165) is 22.7 Å². The molecule has 2 atom stereocenters. The number of nitrogens with one attached hydrogen (secondary N) is 1. The lowest BCUT2D eigenvalue weighted by Gasteiger charge is -2.49. The first-order valence-electron chi connectivity index (χ1n) is 10.5. The van der Waals surface area contributed by atoms with Crippen molar-refractivity contribution in [1.29, 1.82) is 0 Å². The van der Waals surface area contributed by atoms with E-state index in [9.17, 15) is 43.0 Å². The number of non-ortho nitro benzene ring substituents is 1. The van der Waals surface area contributed by atoms with Gasteiger partial charge in [-0.15, -0.1) is 11.8 Å². The number of rotatable bonds is 8. The van der Waals surface area contributed by atoms with Crippen LogP contribution >= 0.6 is 11.8 Å². The second-order valence-corrected chi connectivity index (χ2v) is 11.7. The van der Waals surface area contributed by atoms with Gasteiger partial charge < -0.3 is 9.47 Å². The summed E-state index contributed by atoms with van der Waals surface area (Å²) in [6.45, 7) is 5.71. The summed E-state index contributed by atoms with van der Waals surface area (Å²) in [5, 5.41) is 21.4. The standard InChI is InChI=1S/C20H22N4O11S2/c1-10(25)34-8-11-9-36-18-15(17(26)22(18)16(11)19(27)35-20(2,3)4)21-37(32,33)14-6-5-12(23(28)29)7-13(14)24(30)31/h5-7,15,18,21H,8-9H2,1-4H3/t15-,18-/m1/s1. The lowest BCUT2D eigenvalue weighted by atomic mass is 10.0. The summed E-state index contributed by atoms with van der Waals surface area (Å²) in [6, 6.07) is 0.592. The molecular formula is C20H22N4O11S2. The molecule has 0 aliphatic carbocycles. The normalized spacial score (nSPS) is 19.6. The zero-order valence-electron chi connectivity index (χ0n) is 19.9. The summed E-state index contributed by atoms with van der Waals surface area (Å²) in [6.07, 6.45) is 0. The quantitative estimate of drug-likeness (QED) is 0.207. The molecule has 2 aliphatic rings. The number of hydrogen-bond acceptors (Lipinski definition) is 12. The van der Waals surface area contributed by atoms with E-state index < -0.39 is 71.0 Å². The molecule has 200 valence electrons. The SMILES string of the molecule is CC(=O)OCC1=C(C(=O)OC(C)(C)C)N2C(=O)[C@@H](NS(=O)(=O)c3ccc([N+](=O)[O-])cc3[N+](=O)[O-])[C@H]2SC1. The first-order chi connectivity index (χ1) is 17.0. The van der Waals surface area contributed by atoms with Gasteiger partial charge in [-0.25, -0.2) is 13.2 Å². The van der Waals surface area contributed by atoms with Crippen LogP contribution in [-0.4, -0.2) is 70.4 Å². The summed E-state index contributed by atoms with van der Waals surface area (Å²) in [4.78, 5) is 57.8. The Morgan fingerprint density at radius 1 is 1.22 bits per heavy atom. The molecule has 1 N–H and O–H groups in total. The molecule has 1 amide bonds. The number of hydrogen-bond donors (Lipinski definition) is 1. The predicted molar refractivity (Wildman–Crippen MR) is 126 cm³/mol. The third kappa shape index (κ3) is 5.89. The van der Waals surface area contributed by atoms with Crippen molar-refractivity contribution in [2.45, 2.75) is 49.6 Å². The van der Waals surface area contributed by atoms with E-state index in [2.05, 4.69) is 4.72 Å². The van der Waals surface area contributed by atoms with Gasteiger partial charge in [0.2, 0.25) is 15.9 Å². The Hall–Kier alpha value is -3.57. The number of ether oxygens (including phenoxy) is 2. The lowest BCUT2D eigenvalue weighted by molar-refractivity contribution is -0.396. The van der Waals surface area contributed by atoms with E-state index in [1.54, 1.807) is 20.8 Å². The van der Waals surface area contributed by atoms with Gasteiger partial charge in [-0.2, -0.15) is 4.72 Å². The molecular weight excluding hydrogens is 536 g/mol. The monoisotopic (exact) mass is 558 g/mol. The first-order valence-corrected chi connectivity index (χ1v) is 13.1. The average molecular weight is 559 g/mol. The fraction of sp³-hybridized carbons (Fsp3) is 0.450. The van der Waals surface area contributed by atoms with Crippen molar-refractivity contribution in [3.05, 3.63) is 49.7 Å². The molecule has 15 nitrogen and oxygen atoms in total. The Kier molecular flexibility index (Phi) is 7.62. The van der Waals surface area contributed by atoms with Crippen LogP contribution in [0.25, 0.3) is 0 Å². The molecule has 0 aromatic heterocycles. The van der Waals surface area contributed by atoms with E-state index in [1.807, 2.05) is 0 Å². The van der Waals surface area contributed by atoms with Crippen LogP contribution in [0.3, 0.4) is 0 Å². The smallest absolute Gasteiger partial charge is 0.355 e. The van der Waals surface area contributed by atoms with Gasteiger partial charge in [0.05, 0.1) is 15.9 Å². The second kappa shape index (κ2) is 10.1. The highest BCUT2D eigenvalue weighted by Crippen LogP contribution is 2.42. The summed E-state index contributed by atoms with van der Waals surface area (Å²) < 4.78 is 38.4. The topological polar surface area (TPSA) is 205 Å². The molecule has 2 heterocycles. The van der Waals surface area contributed by atoms with E-state index in [4.69, 9.17) is 9.47 Å². The van der Waals surface area contributed by atoms with Crippen LogP contribution in [0.5, 0.6) is 0 Å². The van der Waals surface area contributed by atoms with Crippen molar-refractivity contribution in [3.8, 4) is 0 Å². The third-order valence-corrected chi connectivity index (χ3v) is 7.84. The van der Waals surface area contributed by atoms with Crippen LogP contribution in [0.1, 0.15) is 27.7 Å². The van der Waals surface area contributed by atoms with Crippen LogP contribution in [0.2, 0.25) is 0 Å². The van der Waals surface area contributed by atoms with E-state index >= 15 is 0 Å². The molecule has 0 unspecified atom stereocenters. The van der Waals surface area contributed by atoms with Gasteiger partial charge in [-0.05, 0) is 26.8 Å². The number of carbonyl (C=O) groups excluding carboxylic acids is 3. The minimum atomic E-state index is -4.70. The number of nitro benzene ring substituents is 2. The predicted octanol–water partition coefficient (Wildman–Crippen LogP) is 1.22. The van der Waals surface area contributed by atoms with Gasteiger partial charge in [0.1, 0.15) is 29.3 Å². The molecule has 1 saturated heterocycles. The molecule has 1 fully saturated rings. The number of esters is 2. The minimum Gasteiger partial charge on any atom is -0.461 e. The summed E-state index contributed by atoms with van der Waals surface area (Å²) >= 11 is 1.07. The summed E-state index contributed by atoms with van der Waals surface area (Å²) in [7, 11) is -4.70. The van der Waals surface area contributed by atoms with E-state index in [1.165, 1.54) is 6.92 Å². The molecule has 0 bridgehead atoms. The van der Waals surface area contributed by atoms with Crippen LogP contribution in [0.15, 0.2) is 34.4 Å². The van der Waals surface area contributed by atoms with E-state index in [-0.39, 0.29) is 23.6 Å².